The summed E-state index contributed by atoms with van der Waals surface area (Å²) in [5.41, 5.74) is 1.55. The van der Waals surface area contributed by atoms with Crippen molar-refractivity contribution in [2.24, 2.45) is 0 Å². The standard InChI is InChI=1S/C22H22N4O5/c1-14-13-15(7-8-18(14)25-11-9-23-21(25)29)20(28)31-12-4-10-26-19(27)16-5-2-3-6-17(16)24-22(26)30/h2-3,5-8,13H,4,9-12H2,1H3,(H,23,29)(H,24,30). The Labute approximate surface area is 177 Å². The Morgan fingerprint density at radius 3 is 2.68 bits per heavy atom. The summed E-state index contributed by atoms with van der Waals surface area (Å²) in [6.45, 7) is 3.19. The molecule has 9 heteroatoms. The molecule has 0 atom stereocenters. The second kappa shape index (κ2) is 8.47. The summed E-state index contributed by atoms with van der Waals surface area (Å²) in [6, 6.07) is 11.7. The fourth-order valence-electron chi connectivity index (χ4n) is 3.66. The van der Waals surface area contributed by atoms with Gasteiger partial charge in [-0.2, -0.15) is 0 Å². The first kappa shape index (κ1) is 20.4. The minimum Gasteiger partial charge on any atom is -0.462 e. The topological polar surface area (TPSA) is 114 Å². The predicted molar refractivity (Wildman–Crippen MR) is 116 cm³/mol. The van der Waals surface area contributed by atoms with Crippen molar-refractivity contribution in [3.63, 3.8) is 0 Å². The first-order valence-electron chi connectivity index (χ1n) is 10.0. The number of hydrogen-bond acceptors (Lipinski definition) is 5. The highest BCUT2D eigenvalue weighted by atomic mass is 16.5. The number of amides is 2. The molecule has 4 rings (SSSR count). The number of nitrogens with one attached hydrogen (secondary N) is 2. The van der Waals surface area contributed by atoms with Crippen LogP contribution in [0.15, 0.2) is 52.1 Å². The van der Waals surface area contributed by atoms with Gasteiger partial charge < -0.3 is 15.0 Å². The lowest BCUT2D eigenvalue weighted by Gasteiger charge is -2.17. The number of H-pyrrole nitrogens is 1. The smallest absolute Gasteiger partial charge is 0.338 e. The molecule has 2 amide bonds. The molecule has 0 aliphatic carbocycles. The van der Waals surface area contributed by atoms with Crippen LogP contribution >= 0.6 is 0 Å². The zero-order valence-corrected chi connectivity index (χ0v) is 17.0. The number of aromatic amines is 1. The molecule has 160 valence electrons. The molecule has 0 radical (unpaired) electrons. The van der Waals surface area contributed by atoms with Crippen LogP contribution in [0.3, 0.4) is 0 Å². The van der Waals surface area contributed by atoms with Gasteiger partial charge in [0.2, 0.25) is 0 Å². The molecule has 0 saturated carbocycles. The van der Waals surface area contributed by atoms with E-state index in [1.807, 2.05) is 6.92 Å². The van der Waals surface area contributed by atoms with Crippen molar-refractivity contribution in [3.8, 4) is 0 Å². The van der Waals surface area contributed by atoms with E-state index in [4.69, 9.17) is 4.74 Å². The number of hydrogen-bond donors (Lipinski definition) is 2. The van der Waals surface area contributed by atoms with Crippen molar-refractivity contribution in [3.05, 3.63) is 74.4 Å². The maximum Gasteiger partial charge on any atom is 0.338 e. The average Bonchev–Trinajstić information content (AvgIpc) is 3.18. The number of rotatable bonds is 6. The molecule has 2 N–H and O–H groups in total. The Morgan fingerprint density at radius 1 is 1.13 bits per heavy atom. The third-order valence-corrected chi connectivity index (χ3v) is 5.23. The summed E-state index contributed by atoms with van der Waals surface area (Å²) >= 11 is 0. The summed E-state index contributed by atoms with van der Waals surface area (Å²) < 4.78 is 6.41. The second-order valence-corrected chi connectivity index (χ2v) is 7.31. The van der Waals surface area contributed by atoms with E-state index in [2.05, 4.69) is 10.3 Å². The van der Waals surface area contributed by atoms with Crippen LogP contribution in [0.1, 0.15) is 22.3 Å². The Balaban J connectivity index is 1.37. The summed E-state index contributed by atoms with van der Waals surface area (Å²) in [4.78, 5) is 53.2. The number of benzene rings is 2. The fraction of sp³-hybridized carbons (Fsp3) is 0.273. The van der Waals surface area contributed by atoms with E-state index in [1.54, 1.807) is 47.4 Å². The summed E-state index contributed by atoms with van der Waals surface area (Å²) in [6.07, 6.45) is 0.318. The van der Waals surface area contributed by atoms with Crippen LogP contribution in [0.2, 0.25) is 0 Å². The minimum atomic E-state index is -0.500. The van der Waals surface area contributed by atoms with E-state index < -0.39 is 11.7 Å². The van der Waals surface area contributed by atoms with E-state index in [1.165, 1.54) is 0 Å². The maximum absolute atomic E-state index is 12.5. The van der Waals surface area contributed by atoms with Gasteiger partial charge in [-0.05, 0) is 49.2 Å². The zero-order chi connectivity index (χ0) is 22.0. The second-order valence-electron chi connectivity index (χ2n) is 7.31. The highest BCUT2D eigenvalue weighted by Crippen LogP contribution is 2.23. The lowest BCUT2D eigenvalue weighted by molar-refractivity contribution is 0.0495. The number of anilines is 1. The number of aryl methyl sites for hydroxylation is 1. The zero-order valence-electron chi connectivity index (χ0n) is 17.0. The van der Waals surface area contributed by atoms with E-state index in [-0.39, 0.29) is 24.7 Å². The molecule has 2 aromatic carbocycles. The number of carbonyl (C=O) groups is 2. The molecule has 9 nitrogen and oxygen atoms in total. The maximum atomic E-state index is 12.5. The van der Waals surface area contributed by atoms with Crippen molar-refractivity contribution < 1.29 is 14.3 Å². The lowest BCUT2D eigenvalue weighted by Crippen LogP contribution is -2.35. The van der Waals surface area contributed by atoms with Gasteiger partial charge in [0.1, 0.15) is 0 Å². The van der Waals surface area contributed by atoms with Crippen LogP contribution in [0.5, 0.6) is 0 Å². The first-order chi connectivity index (χ1) is 15.0. The molecule has 1 aliphatic rings. The molecule has 0 bridgehead atoms. The normalized spacial score (nSPS) is 13.5. The monoisotopic (exact) mass is 422 g/mol. The molecule has 1 fully saturated rings. The minimum absolute atomic E-state index is 0.0624. The predicted octanol–water partition coefficient (Wildman–Crippen LogP) is 1.77. The Kier molecular flexibility index (Phi) is 5.57. The van der Waals surface area contributed by atoms with E-state index >= 15 is 0 Å². The number of para-hydroxylation sites is 1. The van der Waals surface area contributed by atoms with Crippen molar-refractivity contribution >= 4 is 28.6 Å². The van der Waals surface area contributed by atoms with Gasteiger partial charge in [0.25, 0.3) is 5.56 Å². The largest absolute Gasteiger partial charge is 0.462 e. The molecular formula is C22H22N4O5. The summed E-state index contributed by atoms with van der Waals surface area (Å²) in [5, 5.41) is 3.18. The van der Waals surface area contributed by atoms with Crippen molar-refractivity contribution in [2.75, 3.05) is 24.6 Å². The number of carbonyl (C=O) groups excluding carboxylic acids is 2. The summed E-state index contributed by atoms with van der Waals surface area (Å²) in [5.74, 6) is -0.500. The average molecular weight is 422 g/mol. The molecule has 0 unspecified atom stereocenters. The van der Waals surface area contributed by atoms with Crippen LogP contribution in [-0.2, 0) is 11.3 Å². The number of aromatic nitrogens is 2. The SMILES string of the molecule is Cc1cc(C(=O)OCCCn2c(=O)[nH]c3ccccc3c2=O)ccc1N1CCNC1=O. The van der Waals surface area contributed by atoms with Crippen molar-refractivity contribution in [1.82, 2.24) is 14.9 Å². The number of nitrogens with zero attached hydrogens (tertiary/aromatic N) is 2. The quantitative estimate of drug-likeness (QED) is 0.464. The third-order valence-electron chi connectivity index (χ3n) is 5.23. The van der Waals surface area contributed by atoms with Crippen LogP contribution in [0, 0.1) is 6.92 Å². The van der Waals surface area contributed by atoms with E-state index in [9.17, 15) is 19.2 Å². The van der Waals surface area contributed by atoms with Crippen LogP contribution in [-0.4, -0.2) is 41.2 Å². The number of ether oxygens (including phenoxy) is 1. The Hall–Kier alpha value is -3.88. The van der Waals surface area contributed by atoms with E-state index in [0.29, 0.717) is 36.0 Å². The summed E-state index contributed by atoms with van der Waals surface area (Å²) in [7, 11) is 0. The van der Waals surface area contributed by atoms with Crippen LogP contribution in [0.25, 0.3) is 10.9 Å². The van der Waals surface area contributed by atoms with Crippen molar-refractivity contribution in [2.45, 2.75) is 19.9 Å². The first-order valence-corrected chi connectivity index (χ1v) is 10.0. The van der Waals surface area contributed by atoms with Crippen LogP contribution in [0.4, 0.5) is 10.5 Å². The number of fused-ring (bicyclic) bond motifs is 1. The van der Waals surface area contributed by atoms with Gasteiger partial charge in [-0.25, -0.2) is 14.4 Å². The number of esters is 1. The van der Waals surface area contributed by atoms with Crippen LogP contribution < -0.4 is 21.5 Å². The molecular weight excluding hydrogens is 400 g/mol. The Bertz CT molecular complexity index is 1280. The number of urea groups is 1. The third kappa shape index (κ3) is 4.07. The molecule has 0 spiro atoms. The van der Waals surface area contributed by atoms with Gasteiger partial charge in [0.05, 0.1) is 23.1 Å². The highest BCUT2D eigenvalue weighted by molar-refractivity contribution is 5.96. The van der Waals surface area contributed by atoms with Gasteiger partial charge in [0, 0.05) is 25.3 Å². The van der Waals surface area contributed by atoms with Gasteiger partial charge in [-0.15, -0.1) is 0 Å². The van der Waals surface area contributed by atoms with Gasteiger partial charge >= 0.3 is 17.7 Å². The van der Waals surface area contributed by atoms with Gasteiger partial charge in [-0.1, -0.05) is 12.1 Å². The van der Waals surface area contributed by atoms with Gasteiger partial charge in [0.15, 0.2) is 0 Å². The Morgan fingerprint density at radius 2 is 1.94 bits per heavy atom. The van der Waals surface area contributed by atoms with Crippen molar-refractivity contribution in [1.29, 1.82) is 0 Å². The molecule has 1 aromatic heterocycles. The van der Waals surface area contributed by atoms with E-state index in [0.717, 1.165) is 15.8 Å². The molecule has 31 heavy (non-hydrogen) atoms. The molecule has 3 aromatic rings. The molecule has 1 saturated heterocycles. The fourth-order valence-corrected chi connectivity index (χ4v) is 3.66. The van der Waals surface area contributed by atoms with Gasteiger partial charge in [-0.3, -0.25) is 14.3 Å². The molecule has 2 heterocycles. The lowest BCUT2D eigenvalue weighted by atomic mass is 10.1. The highest BCUT2D eigenvalue weighted by Gasteiger charge is 2.23. The molecule has 1 aliphatic heterocycles.